The fourth-order valence-electron chi connectivity index (χ4n) is 2.01. The molecule has 21 heavy (non-hydrogen) atoms. The minimum atomic E-state index is -0.553. The van der Waals surface area contributed by atoms with E-state index in [9.17, 15) is 8.78 Å². The van der Waals surface area contributed by atoms with Gasteiger partial charge in [0.1, 0.15) is 5.82 Å². The molecular weight excluding hydrogens is 360 g/mol. The van der Waals surface area contributed by atoms with Gasteiger partial charge in [-0.25, -0.2) is 8.78 Å². The third-order valence-corrected chi connectivity index (χ3v) is 4.40. The van der Waals surface area contributed by atoms with Gasteiger partial charge >= 0.3 is 0 Å². The van der Waals surface area contributed by atoms with Crippen LogP contribution in [0.15, 0.2) is 34.8 Å². The van der Waals surface area contributed by atoms with Crippen LogP contribution in [0.1, 0.15) is 18.9 Å². The van der Waals surface area contributed by atoms with Crippen molar-refractivity contribution in [3.63, 3.8) is 0 Å². The quantitative estimate of drug-likeness (QED) is 0.534. The first-order valence-electron chi connectivity index (χ1n) is 6.67. The number of hydrogen-bond donors (Lipinski definition) is 1. The van der Waals surface area contributed by atoms with E-state index in [-0.39, 0.29) is 16.4 Å². The van der Waals surface area contributed by atoms with Gasteiger partial charge in [0.2, 0.25) is 0 Å². The highest BCUT2D eigenvalue weighted by molar-refractivity contribution is 9.10. The van der Waals surface area contributed by atoms with Gasteiger partial charge in [0, 0.05) is 22.1 Å². The van der Waals surface area contributed by atoms with E-state index in [4.69, 9.17) is 11.6 Å². The van der Waals surface area contributed by atoms with Crippen molar-refractivity contribution in [2.75, 3.05) is 6.54 Å². The second kappa shape index (κ2) is 7.34. The molecule has 0 aliphatic heterocycles. The van der Waals surface area contributed by atoms with Crippen molar-refractivity contribution in [1.29, 1.82) is 0 Å². The van der Waals surface area contributed by atoms with Crippen LogP contribution in [0.3, 0.4) is 0 Å². The van der Waals surface area contributed by atoms with Crippen molar-refractivity contribution in [2.24, 2.45) is 0 Å². The number of halogens is 4. The van der Waals surface area contributed by atoms with Gasteiger partial charge in [-0.1, -0.05) is 36.7 Å². The molecule has 0 spiro atoms. The van der Waals surface area contributed by atoms with Crippen LogP contribution >= 0.6 is 27.5 Å². The number of nitrogens with one attached hydrogen (secondary N) is 1. The van der Waals surface area contributed by atoms with Gasteiger partial charge in [0.15, 0.2) is 5.82 Å². The van der Waals surface area contributed by atoms with E-state index in [1.54, 1.807) is 24.3 Å². The van der Waals surface area contributed by atoms with Crippen LogP contribution in [0.5, 0.6) is 0 Å². The van der Waals surface area contributed by atoms with Crippen LogP contribution in [0.25, 0.3) is 11.1 Å². The highest BCUT2D eigenvalue weighted by Crippen LogP contribution is 2.33. The lowest BCUT2D eigenvalue weighted by Crippen LogP contribution is -2.14. The number of rotatable bonds is 5. The van der Waals surface area contributed by atoms with Gasteiger partial charge in [-0.2, -0.15) is 0 Å². The maximum atomic E-state index is 14.1. The first-order chi connectivity index (χ1) is 10.0. The number of hydrogen-bond acceptors (Lipinski definition) is 1. The van der Waals surface area contributed by atoms with E-state index in [0.717, 1.165) is 13.0 Å². The maximum Gasteiger partial charge on any atom is 0.150 e. The molecule has 0 fully saturated rings. The SMILES string of the molecule is CCCNCc1ccc(-c2ccc(Br)c(Cl)c2F)cc1F. The molecule has 0 saturated heterocycles. The normalized spacial score (nSPS) is 10.9. The van der Waals surface area contributed by atoms with Gasteiger partial charge in [0.05, 0.1) is 5.02 Å². The van der Waals surface area contributed by atoms with E-state index in [1.807, 2.05) is 6.92 Å². The molecule has 0 unspecified atom stereocenters. The predicted molar refractivity (Wildman–Crippen MR) is 86.5 cm³/mol. The zero-order chi connectivity index (χ0) is 15.4. The van der Waals surface area contributed by atoms with E-state index in [1.165, 1.54) is 6.07 Å². The molecule has 0 aliphatic rings. The first kappa shape index (κ1) is 16.4. The average Bonchev–Trinajstić information content (AvgIpc) is 2.47. The minimum absolute atomic E-state index is 0.00148. The van der Waals surface area contributed by atoms with E-state index >= 15 is 0 Å². The molecule has 0 saturated carbocycles. The van der Waals surface area contributed by atoms with E-state index in [0.29, 0.717) is 22.1 Å². The summed E-state index contributed by atoms with van der Waals surface area (Å²) in [5, 5.41) is 3.14. The Morgan fingerprint density at radius 2 is 1.95 bits per heavy atom. The Hall–Kier alpha value is -0.970. The van der Waals surface area contributed by atoms with Gasteiger partial charge in [-0.05, 0) is 46.6 Å². The van der Waals surface area contributed by atoms with Crippen LogP contribution < -0.4 is 5.32 Å². The Labute approximate surface area is 136 Å². The molecule has 0 aromatic heterocycles. The molecule has 2 aromatic rings. The van der Waals surface area contributed by atoms with Crippen LogP contribution in [0.2, 0.25) is 5.02 Å². The molecule has 0 atom stereocenters. The Morgan fingerprint density at radius 3 is 2.62 bits per heavy atom. The van der Waals surface area contributed by atoms with Gasteiger partial charge in [-0.15, -0.1) is 0 Å². The molecule has 112 valence electrons. The van der Waals surface area contributed by atoms with Crippen molar-refractivity contribution in [1.82, 2.24) is 5.32 Å². The fraction of sp³-hybridized carbons (Fsp3) is 0.250. The van der Waals surface area contributed by atoms with Crippen molar-refractivity contribution < 1.29 is 8.78 Å². The Kier molecular flexibility index (Phi) is 5.73. The molecule has 0 radical (unpaired) electrons. The molecule has 0 aliphatic carbocycles. The van der Waals surface area contributed by atoms with Crippen LogP contribution in [0, 0.1) is 11.6 Å². The average molecular weight is 375 g/mol. The molecule has 0 amide bonds. The monoisotopic (exact) mass is 373 g/mol. The second-order valence-electron chi connectivity index (χ2n) is 4.71. The third-order valence-electron chi connectivity index (χ3n) is 3.14. The molecule has 2 rings (SSSR count). The standard InChI is InChI=1S/C16H15BrClF2N/c1-2-7-21-9-11-4-3-10(8-14(11)19)12-5-6-13(17)15(18)16(12)20/h3-6,8,21H,2,7,9H2,1H3. The molecule has 1 nitrogen and oxygen atoms in total. The van der Waals surface area contributed by atoms with Crippen molar-refractivity contribution in [3.8, 4) is 11.1 Å². The highest BCUT2D eigenvalue weighted by Gasteiger charge is 2.13. The first-order valence-corrected chi connectivity index (χ1v) is 7.84. The van der Waals surface area contributed by atoms with E-state index < -0.39 is 5.82 Å². The zero-order valence-corrected chi connectivity index (χ0v) is 13.9. The lowest BCUT2D eigenvalue weighted by Gasteiger charge is -2.09. The highest BCUT2D eigenvalue weighted by atomic mass is 79.9. The van der Waals surface area contributed by atoms with Crippen LogP contribution in [0.4, 0.5) is 8.78 Å². The second-order valence-corrected chi connectivity index (χ2v) is 5.94. The zero-order valence-electron chi connectivity index (χ0n) is 11.5. The predicted octanol–water partition coefficient (Wildman–Crippen LogP) is 5.55. The summed E-state index contributed by atoms with van der Waals surface area (Å²) in [6.07, 6.45) is 0.988. The molecule has 5 heteroatoms. The van der Waals surface area contributed by atoms with Gasteiger partial charge < -0.3 is 5.32 Å². The summed E-state index contributed by atoms with van der Waals surface area (Å²) in [5.74, 6) is -0.906. The molecule has 2 aromatic carbocycles. The molecule has 0 heterocycles. The summed E-state index contributed by atoms with van der Waals surface area (Å²) in [5.41, 5.74) is 1.32. The smallest absolute Gasteiger partial charge is 0.150 e. The molecule has 1 N–H and O–H groups in total. The summed E-state index contributed by atoms with van der Waals surface area (Å²) < 4.78 is 28.7. The van der Waals surface area contributed by atoms with Gasteiger partial charge in [-0.3, -0.25) is 0 Å². The molecule has 0 bridgehead atoms. The van der Waals surface area contributed by atoms with Gasteiger partial charge in [0.25, 0.3) is 0 Å². The maximum absolute atomic E-state index is 14.1. The summed E-state index contributed by atoms with van der Waals surface area (Å²) >= 11 is 9.02. The largest absolute Gasteiger partial charge is 0.313 e. The fourth-order valence-corrected chi connectivity index (χ4v) is 2.48. The van der Waals surface area contributed by atoms with E-state index in [2.05, 4.69) is 21.2 Å². The van der Waals surface area contributed by atoms with Crippen molar-refractivity contribution >= 4 is 27.5 Å². The van der Waals surface area contributed by atoms with Crippen LogP contribution in [-0.4, -0.2) is 6.54 Å². The topological polar surface area (TPSA) is 12.0 Å². The van der Waals surface area contributed by atoms with Crippen molar-refractivity contribution in [2.45, 2.75) is 19.9 Å². The Morgan fingerprint density at radius 1 is 1.19 bits per heavy atom. The third kappa shape index (κ3) is 3.82. The Bertz CT molecular complexity index is 646. The lowest BCUT2D eigenvalue weighted by atomic mass is 10.0. The lowest BCUT2D eigenvalue weighted by molar-refractivity contribution is 0.586. The Balaban J connectivity index is 2.30. The summed E-state index contributed by atoms with van der Waals surface area (Å²) in [4.78, 5) is 0. The van der Waals surface area contributed by atoms with Crippen LogP contribution in [-0.2, 0) is 6.54 Å². The molecular formula is C16H15BrClF2N. The summed E-state index contributed by atoms with van der Waals surface area (Å²) in [7, 11) is 0. The number of benzene rings is 2. The minimum Gasteiger partial charge on any atom is -0.313 e. The summed E-state index contributed by atoms with van der Waals surface area (Å²) in [6, 6.07) is 7.94. The summed E-state index contributed by atoms with van der Waals surface area (Å²) in [6.45, 7) is 3.34. The van der Waals surface area contributed by atoms with Crippen molar-refractivity contribution in [3.05, 3.63) is 57.0 Å².